The summed E-state index contributed by atoms with van der Waals surface area (Å²) < 4.78 is 0. The van der Waals surface area contributed by atoms with Crippen molar-refractivity contribution < 1.29 is 9.59 Å². The van der Waals surface area contributed by atoms with Crippen LogP contribution in [0.1, 0.15) is 55.3 Å². The first-order valence-corrected chi connectivity index (χ1v) is 11.3. The highest BCUT2D eigenvalue weighted by molar-refractivity contribution is 5.88. The first-order valence-electron chi connectivity index (χ1n) is 11.3. The Kier molecular flexibility index (Phi) is 6.69. The standard InChI is InChI=1S/C24H32N6O2/c1-16(31)26-20-8-6-18(7-9-20)13-29-11-4-5-19(14-29)23-27-22-10-12-30(17(2)32)15-21(22)24(25-3)28-23/h6-9,19H,4-5,10-15H2,1-3H3,(H,26,31)(H,25,27,28)/t19-/m1/s1. The number of benzene rings is 1. The van der Waals surface area contributed by atoms with Crippen LogP contribution in [0.2, 0.25) is 0 Å². The Labute approximate surface area is 189 Å². The van der Waals surface area contributed by atoms with E-state index in [0.29, 0.717) is 19.0 Å². The number of rotatable bonds is 5. The number of amides is 2. The minimum atomic E-state index is -0.0587. The van der Waals surface area contributed by atoms with E-state index in [1.54, 1.807) is 6.92 Å². The molecular weight excluding hydrogens is 404 g/mol. The Balaban J connectivity index is 1.46. The highest BCUT2D eigenvalue weighted by atomic mass is 16.2. The van der Waals surface area contributed by atoms with Crippen LogP contribution in [0.3, 0.4) is 0 Å². The van der Waals surface area contributed by atoms with Gasteiger partial charge in [0.1, 0.15) is 11.6 Å². The largest absolute Gasteiger partial charge is 0.373 e. The van der Waals surface area contributed by atoms with Gasteiger partial charge < -0.3 is 15.5 Å². The molecule has 1 atom stereocenters. The summed E-state index contributed by atoms with van der Waals surface area (Å²) in [5.41, 5.74) is 4.17. The molecule has 2 aromatic rings. The molecule has 1 saturated heterocycles. The Morgan fingerprint density at radius 3 is 2.59 bits per heavy atom. The van der Waals surface area contributed by atoms with Crippen molar-refractivity contribution in [3.63, 3.8) is 0 Å². The third-order valence-corrected chi connectivity index (χ3v) is 6.31. The average Bonchev–Trinajstić information content (AvgIpc) is 2.79. The molecule has 4 rings (SSSR count). The highest BCUT2D eigenvalue weighted by Gasteiger charge is 2.28. The van der Waals surface area contributed by atoms with Gasteiger partial charge in [-0.2, -0.15) is 0 Å². The molecular formula is C24H32N6O2. The number of aromatic nitrogens is 2. The summed E-state index contributed by atoms with van der Waals surface area (Å²) in [6.45, 7) is 7.27. The molecule has 32 heavy (non-hydrogen) atoms. The second kappa shape index (κ2) is 9.65. The third kappa shape index (κ3) is 5.07. The number of hydrogen-bond donors (Lipinski definition) is 2. The number of nitrogens with zero attached hydrogens (tertiary/aromatic N) is 4. The van der Waals surface area contributed by atoms with E-state index in [4.69, 9.17) is 9.97 Å². The molecule has 0 aliphatic carbocycles. The predicted octanol–water partition coefficient (Wildman–Crippen LogP) is 2.76. The van der Waals surface area contributed by atoms with Crippen LogP contribution >= 0.6 is 0 Å². The van der Waals surface area contributed by atoms with Gasteiger partial charge in [0.15, 0.2) is 0 Å². The quantitative estimate of drug-likeness (QED) is 0.749. The molecule has 1 aromatic heterocycles. The molecule has 170 valence electrons. The highest BCUT2D eigenvalue weighted by Crippen LogP contribution is 2.30. The third-order valence-electron chi connectivity index (χ3n) is 6.31. The van der Waals surface area contributed by atoms with Gasteiger partial charge >= 0.3 is 0 Å². The zero-order valence-electron chi connectivity index (χ0n) is 19.1. The van der Waals surface area contributed by atoms with Crippen LogP contribution in [0.25, 0.3) is 0 Å². The van der Waals surface area contributed by atoms with Gasteiger partial charge in [0.05, 0.1) is 12.2 Å². The lowest BCUT2D eigenvalue weighted by Gasteiger charge is -2.33. The normalized spacial score (nSPS) is 18.7. The van der Waals surface area contributed by atoms with E-state index in [-0.39, 0.29) is 11.8 Å². The summed E-state index contributed by atoms with van der Waals surface area (Å²) in [5.74, 6) is 2.09. The molecule has 1 fully saturated rings. The average molecular weight is 437 g/mol. The SMILES string of the molecule is CNc1nc([C@@H]2CCCN(Cc3ccc(NC(C)=O)cc3)C2)nc2c1CN(C(C)=O)CC2. The van der Waals surface area contributed by atoms with E-state index in [2.05, 4.69) is 27.7 Å². The summed E-state index contributed by atoms with van der Waals surface area (Å²) in [6.07, 6.45) is 2.97. The van der Waals surface area contributed by atoms with Crippen molar-refractivity contribution in [3.8, 4) is 0 Å². The van der Waals surface area contributed by atoms with Crippen LogP contribution in [0.15, 0.2) is 24.3 Å². The summed E-state index contributed by atoms with van der Waals surface area (Å²) in [5, 5.41) is 6.04. The van der Waals surface area contributed by atoms with Crippen molar-refractivity contribution in [1.82, 2.24) is 19.8 Å². The van der Waals surface area contributed by atoms with Crippen LogP contribution in [0.4, 0.5) is 11.5 Å². The topological polar surface area (TPSA) is 90.5 Å². The summed E-state index contributed by atoms with van der Waals surface area (Å²) in [6, 6.07) is 8.05. The predicted molar refractivity (Wildman–Crippen MR) is 124 cm³/mol. The maximum Gasteiger partial charge on any atom is 0.221 e. The van der Waals surface area contributed by atoms with Crippen LogP contribution in [0, 0.1) is 0 Å². The van der Waals surface area contributed by atoms with Gasteiger partial charge in [-0.1, -0.05) is 12.1 Å². The summed E-state index contributed by atoms with van der Waals surface area (Å²) in [4.78, 5) is 37.2. The van der Waals surface area contributed by atoms with Crippen molar-refractivity contribution in [2.24, 2.45) is 0 Å². The fourth-order valence-electron chi connectivity index (χ4n) is 4.66. The number of piperidine rings is 1. The summed E-state index contributed by atoms with van der Waals surface area (Å²) >= 11 is 0. The molecule has 2 amide bonds. The first-order chi connectivity index (χ1) is 15.4. The number of carbonyl (C=O) groups is 2. The fourth-order valence-corrected chi connectivity index (χ4v) is 4.66. The molecule has 2 aliphatic rings. The van der Waals surface area contributed by atoms with Crippen LogP contribution in [-0.4, -0.2) is 58.3 Å². The van der Waals surface area contributed by atoms with Crippen molar-refractivity contribution in [3.05, 3.63) is 46.9 Å². The zero-order valence-corrected chi connectivity index (χ0v) is 19.1. The van der Waals surface area contributed by atoms with Crippen LogP contribution < -0.4 is 10.6 Å². The van der Waals surface area contributed by atoms with Crippen molar-refractivity contribution in [1.29, 1.82) is 0 Å². The molecule has 3 heterocycles. The lowest BCUT2D eigenvalue weighted by Crippen LogP contribution is -2.37. The molecule has 0 radical (unpaired) electrons. The molecule has 2 N–H and O–H groups in total. The maximum absolute atomic E-state index is 11.8. The number of nitrogens with one attached hydrogen (secondary N) is 2. The van der Waals surface area contributed by atoms with E-state index in [1.807, 2.05) is 24.1 Å². The Morgan fingerprint density at radius 1 is 1.12 bits per heavy atom. The molecule has 0 unspecified atom stereocenters. The van der Waals surface area contributed by atoms with Crippen LogP contribution in [-0.2, 0) is 29.1 Å². The second-order valence-electron chi connectivity index (χ2n) is 8.75. The molecule has 0 saturated carbocycles. The van der Waals surface area contributed by atoms with E-state index >= 15 is 0 Å². The fraction of sp³-hybridized carbons (Fsp3) is 0.500. The number of carbonyl (C=O) groups excluding carboxylic acids is 2. The smallest absolute Gasteiger partial charge is 0.221 e. The van der Waals surface area contributed by atoms with Gasteiger partial charge in [-0.25, -0.2) is 9.97 Å². The van der Waals surface area contributed by atoms with E-state index in [9.17, 15) is 9.59 Å². The summed E-state index contributed by atoms with van der Waals surface area (Å²) in [7, 11) is 1.89. The van der Waals surface area contributed by atoms with Gasteiger partial charge in [0.25, 0.3) is 0 Å². The van der Waals surface area contributed by atoms with Gasteiger partial charge in [-0.15, -0.1) is 0 Å². The number of fused-ring (bicyclic) bond motifs is 1. The Morgan fingerprint density at radius 2 is 1.91 bits per heavy atom. The second-order valence-corrected chi connectivity index (χ2v) is 8.75. The van der Waals surface area contributed by atoms with Crippen molar-refractivity contribution in [2.75, 3.05) is 37.3 Å². The van der Waals surface area contributed by atoms with E-state index in [1.165, 1.54) is 12.5 Å². The number of likely N-dealkylation sites (tertiary alicyclic amines) is 1. The maximum atomic E-state index is 11.8. The van der Waals surface area contributed by atoms with E-state index in [0.717, 1.165) is 67.5 Å². The molecule has 0 spiro atoms. The van der Waals surface area contributed by atoms with Crippen LogP contribution in [0.5, 0.6) is 0 Å². The number of anilines is 2. The minimum absolute atomic E-state index is 0.0587. The molecule has 2 aliphatic heterocycles. The van der Waals surface area contributed by atoms with Gasteiger partial charge in [0, 0.05) is 64.1 Å². The van der Waals surface area contributed by atoms with Crippen molar-refractivity contribution in [2.45, 2.75) is 52.1 Å². The lowest BCUT2D eigenvalue weighted by atomic mass is 9.95. The number of hydrogen-bond acceptors (Lipinski definition) is 6. The zero-order chi connectivity index (χ0) is 22.7. The lowest BCUT2D eigenvalue weighted by molar-refractivity contribution is -0.129. The molecule has 8 nitrogen and oxygen atoms in total. The minimum Gasteiger partial charge on any atom is -0.373 e. The first kappa shape index (κ1) is 22.2. The molecule has 0 bridgehead atoms. The Hall–Kier alpha value is -3.00. The van der Waals surface area contributed by atoms with Gasteiger partial charge in [0.2, 0.25) is 11.8 Å². The van der Waals surface area contributed by atoms with Crippen molar-refractivity contribution >= 4 is 23.3 Å². The Bertz CT molecular complexity index is 973. The monoisotopic (exact) mass is 436 g/mol. The molecule has 8 heteroatoms. The van der Waals surface area contributed by atoms with Gasteiger partial charge in [-0.05, 0) is 37.1 Å². The van der Waals surface area contributed by atoms with Gasteiger partial charge in [-0.3, -0.25) is 14.5 Å². The molecule has 1 aromatic carbocycles. The van der Waals surface area contributed by atoms with E-state index < -0.39 is 0 Å².